The van der Waals surface area contributed by atoms with Crippen molar-refractivity contribution in [1.82, 2.24) is 0 Å². The Morgan fingerprint density at radius 3 is 2.82 bits per heavy atom. The maximum absolute atomic E-state index is 12.0. The van der Waals surface area contributed by atoms with E-state index in [2.05, 4.69) is 5.92 Å². The summed E-state index contributed by atoms with van der Waals surface area (Å²) in [6, 6.07) is 0. The average molecular weight is 236 g/mol. The fourth-order valence-electron chi connectivity index (χ4n) is 2.43. The molecule has 1 aliphatic carbocycles. The zero-order valence-corrected chi connectivity index (χ0v) is 10.5. The number of rotatable bonds is 6. The Labute approximate surface area is 103 Å². The molecule has 0 aromatic heterocycles. The van der Waals surface area contributed by atoms with E-state index >= 15 is 0 Å². The van der Waals surface area contributed by atoms with E-state index in [0.29, 0.717) is 32.3 Å². The molecule has 0 bridgehead atoms. The lowest BCUT2D eigenvalue weighted by Gasteiger charge is -2.24. The Balaban J connectivity index is 2.63. The second-order valence-corrected chi connectivity index (χ2v) is 4.49. The molecule has 1 saturated carbocycles. The minimum absolute atomic E-state index is 0.0525. The van der Waals surface area contributed by atoms with E-state index in [-0.39, 0.29) is 11.8 Å². The van der Waals surface area contributed by atoms with Crippen LogP contribution in [-0.4, -0.2) is 18.4 Å². The molecule has 0 amide bonds. The van der Waals surface area contributed by atoms with Gasteiger partial charge in [0.05, 0.1) is 6.61 Å². The van der Waals surface area contributed by atoms with E-state index in [4.69, 9.17) is 11.2 Å². The van der Waals surface area contributed by atoms with E-state index in [9.17, 15) is 9.59 Å². The molecule has 0 spiro atoms. The van der Waals surface area contributed by atoms with Gasteiger partial charge in [-0.2, -0.15) is 0 Å². The number of ketones is 1. The molecular weight excluding hydrogens is 216 g/mol. The van der Waals surface area contributed by atoms with Gasteiger partial charge in [-0.1, -0.05) is 6.42 Å². The lowest BCUT2D eigenvalue weighted by atomic mass is 9.80. The largest absolute Gasteiger partial charge is 0.465 e. The molecule has 1 aliphatic rings. The van der Waals surface area contributed by atoms with Gasteiger partial charge >= 0.3 is 5.97 Å². The second-order valence-electron chi connectivity index (χ2n) is 4.49. The van der Waals surface area contributed by atoms with Crippen molar-refractivity contribution < 1.29 is 14.3 Å². The van der Waals surface area contributed by atoms with Gasteiger partial charge in [0.2, 0.25) is 0 Å². The lowest BCUT2D eigenvalue weighted by Crippen LogP contribution is -2.36. The van der Waals surface area contributed by atoms with Gasteiger partial charge in [-0.15, -0.1) is 12.3 Å². The van der Waals surface area contributed by atoms with Crippen molar-refractivity contribution in [3.8, 4) is 12.3 Å². The smallest absolute Gasteiger partial charge is 0.319 e. The Kier molecular flexibility index (Phi) is 5.21. The first-order chi connectivity index (χ1) is 8.17. The highest BCUT2D eigenvalue weighted by atomic mass is 16.5. The van der Waals surface area contributed by atoms with E-state index in [1.807, 2.05) is 0 Å². The summed E-state index contributed by atoms with van der Waals surface area (Å²) in [5.41, 5.74) is -0.857. The van der Waals surface area contributed by atoms with Crippen LogP contribution in [0.4, 0.5) is 0 Å². The van der Waals surface area contributed by atoms with Crippen molar-refractivity contribution in [1.29, 1.82) is 0 Å². The van der Waals surface area contributed by atoms with E-state index in [1.165, 1.54) is 0 Å². The average Bonchev–Trinajstić information content (AvgIpc) is 2.68. The molecule has 0 unspecified atom stereocenters. The third kappa shape index (κ3) is 3.09. The van der Waals surface area contributed by atoms with E-state index in [1.54, 1.807) is 6.92 Å². The number of Topliss-reactive ketones (excluding diaryl/α,β-unsaturated/α-hetero) is 1. The SMILES string of the molecule is C#CCCCC[C@]1(C(=O)OCC)CCCC1=O. The molecule has 3 nitrogen and oxygen atoms in total. The first-order valence-corrected chi connectivity index (χ1v) is 6.31. The lowest BCUT2D eigenvalue weighted by molar-refractivity contribution is -0.159. The summed E-state index contributed by atoms with van der Waals surface area (Å²) < 4.78 is 5.06. The fraction of sp³-hybridized carbons (Fsp3) is 0.714. The Bertz CT molecular complexity index is 327. The molecule has 0 saturated heterocycles. The van der Waals surface area contributed by atoms with Crippen LogP contribution >= 0.6 is 0 Å². The summed E-state index contributed by atoms with van der Waals surface area (Å²) in [7, 11) is 0. The van der Waals surface area contributed by atoms with Gasteiger partial charge in [0.25, 0.3) is 0 Å². The quantitative estimate of drug-likeness (QED) is 0.308. The maximum atomic E-state index is 12.0. The predicted molar refractivity (Wildman–Crippen MR) is 65.2 cm³/mol. The summed E-state index contributed by atoms with van der Waals surface area (Å²) in [5, 5.41) is 0. The summed E-state index contributed by atoms with van der Waals surface area (Å²) in [5.74, 6) is 2.29. The van der Waals surface area contributed by atoms with Crippen LogP contribution in [0.15, 0.2) is 0 Å². The van der Waals surface area contributed by atoms with Crippen molar-refractivity contribution in [2.45, 2.75) is 51.9 Å². The minimum atomic E-state index is -0.857. The highest BCUT2D eigenvalue weighted by molar-refractivity contribution is 6.05. The predicted octanol–water partition coefficient (Wildman–Crippen LogP) is 2.48. The van der Waals surface area contributed by atoms with E-state index < -0.39 is 5.41 Å². The standard InChI is InChI=1S/C14H20O3/c1-3-5-6-7-10-14(13(16)17-4-2)11-8-9-12(14)15/h1H,4-11H2,2H3/t14-/m0/s1. The molecule has 3 heteroatoms. The van der Waals surface area contributed by atoms with Crippen LogP contribution in [-0.2, 0) is 14.3 Å². The van der Waals surface area contributed by atoms with Gasteiger partial charge in [-0.05, 0) is 32.6 Å². The van der Waals surface area contributed by atoms with Crippen LogP contribution in [0, 0.1) is 17.8 Å². The highest BCUT2D eigenvalue weighted by Gasteiger charge is 2.48. The van der Waals surface area contributed by atoms with Crippen LogP contribution in [0.2, 0.25) is 0 Å². The van der Waals surface area contributed by atoms with Gasteiger partial charge in [0, 0.05) is 12.8 Å². The molecule has 0 heterocycles. The Hall–Kier alpha value is -1.30. The van der Waals surface area contributed by atoms with Gasteiger partial charge in [-0.25, -0.2) is 0 Å². The fourth-order valence-corrected chi connectivity index (χ4v) is 2.43. The van der Waals surface area contributed by atoms with Crippen molar-refractivity contribution in [3.63, 3.8) is 0 Å². The number of unbranched alkanes of at least 4 members (excludes halogenated alkanes) is 2. The zero-order valence-electron chi connectivity index (χ0n) is 10.5. The number of esters is 1. The number of ether oxygens (including phenoxy) is 1. The number of carbonyl (C=O) groups excluding carboxylic acids is 2. The Morgan fingerprint density at radius 2 is 2.29 bits per heavy atom. The number of hydrogen-bond donors (Lipinski definition) is 0. The van der Waals surface area contributed by atoms with Crippen LogP contribution in [0.5, 0.6) is 0 Å². The van der Waals surface area contributed by atoms with Crippen molar-refractivity contribution >= 4 is 11.8 Å². The van der Waals surface area contributed by atoms with Gasteiger partial charge in [0.1, 0.15) is 11.2 Å². The van der Waals surface area contributed by atoms with Crippen molar-refractivity contribution in [3.05, 3.63) is 0 Å². The molecular formula is C14H20O3. The van der Waals surface area contributed by atoms with Crippen LogP contribution < -0.4 is 0 Å². The van der Waals surface area contributed by atoms with Gasteiger partial charge in [-0.3, -0.25) is 9.59 Å². The molecule has 0 aliphatic heterocycles. The Morgan fingerprint density at radius 1 is 1.53 bits per heavy atom. The maximum Gasteiger partial charge on any atom is 0.319 e. The molecule has 0 N–H and O–H groups in total. The summed E-state index contributed by atoms with van der Waals surface area (Å²) >= 11 is 0. The topological polar surface area (TPSA) is 43.4 Å². The molecule has 1 atom stereocenters. The van der Waals surface area contributed by atoms with Crippen molar-refractivity contribution in [2.24, 2.45) is 5.41 Å². The molecule has 0 radical (unpaired) electrons. The summed E-state index contributed by atoms with van der Waals surface area (Å²) in [6.07, 6.45) is 10.1. The first-order valence-electron chi connectivity index (χ1n) is 6.31. The van der Waals surface area contributed by atoms with Crippen LogP contribution in [0.3, 0.4) is 0 Å². The molecule has 1 fully saturated rings. The van der Waals surface area contributed by atoms with E-state index in [0.717, 1.165) is 19.3 Å². The van der Waals surface area contributed by atoms with Crippen LogP contribution in [0.1, 0.15) is 51.9 Å². The molecule has 1 rings (SSSR count). The van der Waals surface area contributed by atoms with Crippen LogP contribution in [0.25, 0.3) is 0 Å². The van der Waals surface area contributed by atoms with Gasteiger partial charge < -0.3 is 4.74 Å². The number of carbonyl (C=O) groups is 2. The first kappa shape index (κ1) is 13.8. The monoisotopic (exact) mass is 236 g/mol. The zero-order chi connectivity index (χ0) is 12.7. The molecule has 0 aromatic rings. The third-order valence-electron chi connectivity index (χ3n) is 3.38. The number of terminal acetylenes is 1. The van der Waals surface area contributed by atoms with Crippen molar-refractivity contribution in [2.75, 3.05) is 6.61 Å². The molecule has 94 valence electrons. The second kappa shape index (κ2) is 6.44. The van der Waals surface area contributed by atoms with Gasteiger partial charge in [0.15, 0.2) is 0 Å². The summed E-state index contributed by atoms with van der Waals surface area (Å²) in [4.78, 5) is 23.9. The highest BCUT2D eigenvalue weighted by Crippen LogP contribution is 2.40. The molecule has 17 heavy (non-hydrogen) atoms. The number of hydrogen-bond acceptors (Lipinski definition) is 3. The summed E-state index contributed by atoms with van der Waals surface area (Å²) in [6.45, 7) is 2.10. The molecule has 0 aromatic carbocycles. The third-order valence-corrected chi connectivity index (χ3v) is 3.38. The minimum Gasteiger partial charge on any atom is -0.465 e. The normalized spacial score (nSPS) is 23.4.